The van der Waals surface area contributed by atoms with Gasteiger partial charge in [-0.2, -0.15) is 0 Å². The second-order valence-electron chi connectivity index (χ2n) is 7.42. The number of anilines is 2. The van der Waals surface area contributed by atoms with Gasteiger partial charge in [-0.25, -0.2) is 0 Å². The highest BCUT2D eigenvalue weighted by molar-refractivity contribution is 6.05. The Labute approximate surface area is 138 Å². The van der Waals surface area contributed by atoms with Crippen molar-refractivity contribution in [3.8, 4) is 0 Å². The van der Waals surface area contributed by atoms with E-state index in [2.05, 4.69) is 37.5 Å². The van der Waals surface area contributed by atoms with E-state index >= 15 is 0 Å². The molecule has 0 aliphatic carbocycles. The van der Waals surface area contributed by atoms with Gasteiger partial charge >= 0.3 is 0 Å². The molecule has 120 valence electrons. The lowest BCUT2D eigenvalue weighted by Gasteiger charge is -2.27. The lowest BCUT2D eigenvalue weighted by atomic mass is 9.85. The average molecular weight is 308 g/mol. The molecule has 2 N–H and O–H groups in total. The van der Waals surface area contributed by atoms with Crippen molar-refractivity contribution in [2.45, 2.75) is 40.2 Å². The van der Waals surface area contributed by atoms with Gasteiger partial charge in [0.25, 0.3) is 5.91 Å². The number of carbonyl (C=O) groups excluding carboxylic acids is 1. The quantitative estimate of drug-likeness (QED) is 0.849. The summed E-state index contributed by atoms with van der Waals surface area (Å²) in [6.45, 7) is 8.73. The Morgan fingerprint density at radius 2 is 1.83 bits per heavy atom. The molecule has 0 radical (unpaired) electrons. The molecule has 2 aromatic rings. The van der Waals surface area contributed by atoms with Crippen LogP contribution in [0.2, 0.25) is 0 Å². The summed E-state index contributed by atoms with van der Waals surface area (Å²) in [7, 11) is 0. The van der Waals surface area contributed by atoms with E-state index in [9.17, 15) is 4.79 Å². The summed E-state index contributed by atoms with van der Waals surface area (Å²) in [6.07, 6.45) is 0.934. The van der Waals surface area contributed by atoms with E-state index in [1.807, 2.05) is 43.3 Å². The summed E-state index contributed by atoms with van der Waals surface area (Å²) < 4.78 is 0. The molecule has 23 heavy (non-hydrogen) atoms. The fraction of sp³-hybridized carbons (Fsp3) is 0.350. The molecule has 3 nitrogen and oxygen atoms in total. The predicted molar refractivity (Wildman–Crippen MR) is 96.1 cm³/mol. The molecule has 0 bridgehead atoms. The standard InChI is InChI=1S/C20H24N2O/c1-13-8-10-14(11-9-13)19(23)22-17-7-5-6-16-15(17)12-18(21-16)20(2,3)4/h5-11,18,21H,12H2,1-4H3,(H,22,23). The molecule has 2 aromatic carbocycles. The minimum absolute atomic E-state index is 0.0578. The minimum atomic E-state index is -0.0578. The number of hydrogen-bond donors (Lipinski definition) is 2. The average Bonchev–Trinajstić information content (AvgIpc) is 2.93. The van der Waals surface area contributed by atoms with Crippen molar-refractivity contribution < 1.29 is 4.79 Å². The molecule has 0 spiro atoms. The fourth-order valence-corrected chi connectivity index (χ4v) is 2.92. The van der Waals surface area contributed by atoms with E-state index in [1.165, 1.54) is 5.56 Å². The number of rotatable bonds is 2. The SMILES string of the molecule is Cc1ccc(C(=O)Nc2cccc3c2CC(C(C)(C)C)N3)cc1. The van der Waals surface area contributed by atoms with Gasteiger partial charge in [0.1, 0.15) is 0 Å². The Kier molecular flexibility index (Phi) is 3.88. The van der Waals surface area contributed by atoms with Crippen LogP contribution in [0.25, 0.3) is 0 Å². The maximum atomic E-state index is 12.5. The number of fused-ring (bicyclic) bond motifs is 1. The first-order valence-electron chi connectivity index (χ1n) is 8.11. The van der Waals surface area contributed by atoms with Gasteiger partial charge in [-0.1, -0.05) is 44.5 Å². The third kappa shape index (κ3) is 3.24. The summed E-state index contributed by atoms with van der Waals surface area (Å²) in [5.74, 6) is -0.0578. The van der Waals surface area contributed by atoms with Gasteiger partial charge < -0.3 is 10.6 Å². The van der Waals surface area contributed by atoms with Crippen LogP contribution in [-0.4, -0.2) is 11.9 Å². The molecule has 1 aliphatic heterocycles. The smallest absolute Gasteiger partial charge is 0.255 e. The molecule has 1 heterocycles. The third-order valence-electron chi connectivity index (χ3n) is 4.52. The monoisotopic (exact) mass is 308 g/mol. The Morgan fingerprint density at radius 3 is 2.48 bits per heavy atom. The lowest BCUT2D eigenvalue weighted by Crippen LogP contribution is -2.31. The molecule has 1 aliphatic rings. The first-order chi connectivity index (χ1) is 10.8. The molecule has 1 amide bonds. The van der Waals surface area contributed by atoms with Crippen molar-refractivity contribution >= 4 is 17.3 Å². The van der Waals surface area contributed by atoms with Crippen LogP contribution in [0.3, 0.4) is 0 Å². The second kappa shape index (κ2) is 5.73. The van der Waals surface area contributed by atoms with Crippen LogP contribution in [-0.2, 0) is 6.42 Å². The normalized spacial score (nSPS) is 16.6. The molecule has 1 unspecified atom stereocenters. The topological polar surface area (TPSA) is 41.1 Å². The summed E-state index contributed by atoms with van der Waals surface area (Å²) >= 11 is 0. The number of hydrogen-bond acceptors (Lipinski definition) is 2. The van der Waals surface area contributed by atoms with E-state index in [1.54, 1.807) is 0 Å². The van der Waals surface area contributed by atoms with E-state index in [0.717, 1.165) is 23.4 Å². The maximum absolute atomic E-state index is 12.5. The third-order valence-corrected chi connectivity index (χ3v) is 4.52. The van der Waals surface area contributed by atoms with Crippen molar-refractivity contribution in [3.05, 3.63) is 59.2 Å². The summed E-state index contributed by atoms with van der Waals surface area (Å²) in [4.78, 5) is 12.5. The van der Waals surface area contributed by atoms with E-state index < -0.39 is 0 Å². The van der Waals surface area contributed by atoms with Crippen molar-refractivity contribution in [1.82, 2.24) is 0 Å². The largest absolute Gasteiger partial charge is 0.381 e. The molecule has 1 atom stereocenters. The molecule has 0 fully saturated rings. The van der Waals surface area contributed by atoms with Crippen LogP contribution in [0.1, 0.15) is 42.3 Å². The minimum Gasteiger partial charge on any atom is -0.381 e. The number of benzene rings is 2. The number of amides is 1. The predicted octanol–water partition coefficient (Wildman–Crippen LogP) is 4.63. The highest BCUT2D eigenvalue weighted by Gasteiger charge is 2.32. The van der Waals surface area contributed by atoms with Crippen LogP contribution in [0, 0.1) is 12.3 Å². The van der Waals surface area contributed by atoms with Gasteiger partial charge in [-0.3, -0.25) is 4.79 Å². The van der Waals surface area contributed by atoms with E-state index in [0.29, 0.717) is 11.6 Å². The first kappa shape index (κ1) is 15.6. The van der Waals surface area contributed by atoms with Gasteiger partial charge in [0.05, 0.1) is 0 Å². The van der Waals surface area contributed by atoms with Crippen LogP contribution < -0.4 is 10.6 Å². The number of carbonyl (C=O) groups is 1. The zero-order chi connectivity index (χ0) is 16.6. The molecule has 0 saturated heterocycles. The zero-order valence-corrected chi connectivity index (χ0v) is 14.2. The first-order valence-corrected chi connectivity index (χ1v) is 8.11. The van der Waals surface area contributed by atoms with Crippen molar-refractivity contribution in [3.63, 3.8) is 0 Å². The zero-order valence-electron chi connectivity index (χ0n) is 14.2. The molecule has 3 rings (SSSR count). The summed E-state index contributed by atoms with van der Waals surface area (Å²) in [5.41, 5.74) is 5.26. The fourth-order valence-electron chi connectivity index (χ4n) is 2.92. The van der Waals surface area contributed by atoms with Crippen molar-refractivity contribution in [1.29, 1.82) is 0 Å². The second-order valence-corrected chi connectivity index (χ2v) is 7.42. The maximum Gasteiger partial charge on any atom is 0.255 e. The van der Waals surface area contributed by atoms with Gasteiger partial charge in [0.2, 0.25) is 0 Å². The van der Waals surface area contributed by atoms with Crippen LogP contribution in [0.15, 0.2) is 42.5 Å². The van der Waals surface area contributed by atoms with Gasteiger partial charge in [0.15, 0.2) is 0 Å². The van der Waals surface area contributed by atoms with Crippen LogP contribution in [0.4, 0.5) is 11.4 Å². The van der Waals surface area contributed by atoms with E-state index in [4.69, 9.17) is 0 Å². The van der Waals surface area contributed by atoms with Gasteiger partial charge in [0, 0.05) is 28.5 Å². The Morgan fingerprint density at radius 1 is 1.13 bits per heavy atom. The lowest BCUT2D eigenvalue weighted by molar-refractivity contribution is 0.102. The van der Waals surface area contributed by atoms with Crippen molar-refractivity contribution in [2.24, 2.45) is 5.41 Å². The highest BCUT2D eigenvalue weighted by atomic mass is 16.1. The molecule has 0 saturated carbocycles. The Hall–Kier alpha value is -2.29. The van der Waals surface area contributed by atoms with Crippen LogP contribution in [0.5, 0.6) is 0 Å². The summed E-state index contributed by atoms with van der Waals surface area (Å²) in [5, 5.41) is 6.66. The summed E-state index contributed by atoms with van der Waals surface area (Å²) in [6, 6.07) is 14.1. The van der Waals surface area contributed by atoms with Crippen LogP contribution >= 0.6 is 0 Å². The Balaban J connectivity index is 1.82. The number of aryl methyl sites for hydroxylation is 1. The van der Waals surface area contributed by atoms with Crippen molar-refractivity contribution in [2.75, 3.05) is 10.6 Å². The molecule has 0 aromatic heterocycles. The van der Waals surface area contributed by atoms with Gasteiger partial charge in [-0.05, 0) is 43.0 Å². The molecular formula is C20H24N2O. The molecule has 3 heteroatoms. The Bertz CT molecular complexity index is 726. The van der Waals surface area contributed by atoms with E-state index in [-0.39, 0.29) is 11.3 Å². The number of nitrogens with one attached hydrogen (secondary N) is 2. The molecular weight excluding hydrogens is 284 g/mol. The highest BCUT2D eigenvalue weighted by Crippen LogP contribution is 2.38. The van der Waals surface area contributed by atoms with Gasteiger partial charge in [-0.15, -0.1) is 0 Å².